The monoisotopic (exact) mass is 375 g/mol. The van der Waals surface area contributed by atoms with E-state index in [4.69, 9.17) is 30.7 Å². The number of carbonyl (C=O) groups is 3. The predicted molar refractivity (Wildman–Crippen MR) is 82.7 cm³/mol. The van der Waals surface area contributed by atoms with Crippen LogP contribution in [0.3, 0.4) is 0 Å². The normalized spacial score (nSPS) is 14.3. The molecule has 146 valence electrons. The van der Waals surface area contributed by atoms with Crippen LogP contribution >= 0.6 is 0 Å². The number of carbonyl (C=O) groups excluding carboxylic acids is 1. The summed E-state index contributed by atoms with van der Waals surface area (Å²) in [5, 5.41) is 43.6. The third-order valence-electron chi connectivity index (χ3n) is 3.26. The summed E-state index contributed by atoms with van der Waals surface area (Å²) in [4.78, 5) is 37.7. The van der Waals surface area contributed by atoms with Crippen LogP contribution in [0, 0.1) is 0 Å². The molecule has 3 atom stereocenters. The summed E-state index contributed by atoms with van der Waals surface area (Å²) in [7, 11) is 0. The van der Waals surface area contributed by atoms with Gasteiger partial charge in [0.05, 0.1) is 12.6 Å². The second-order valence-corrected chi connectivity index (χ2v) is 5.29. The summed E-state index contributed by atoms with van der Waals surface area (Å²) >= 11 is 0. The zero-order chi connectivity index (χ0) is 19.7. The van der Waals surface area contributed by atoms with E-state index < -0.39 is 49.3 Å². The van der Waals surface area contributed by atoms with Crippen LogP contribution in [0.4, 0.5) is 4.79 Å². The van der Waals surface area contributed by atoms with Crippen molar-refractivity contribution >= 4 is 18.0 Å². The number of nitrogens with two attached hydrogens (primary N) is 1. The fourth-order valence-corrected chi connectivity index (χ4v) is 1.89. The lowest BCUT2D eigenvalue weighted by atomic mass is 10.1. The molecule has 0 bridgehead atoms. The fraction of sp³-hybridized carbons (Fsp3) is 0.615. The summed E-state index contributed by atoms with van der Waals surface area (Å²) in [6, 6.07) is -4.20. The van der Waals surface area contributed by atoms with E-state index in [1.165, 1.54) is 0 Å². The smallest absolute Gasteiger partial charge is 0.326 e. The van der Waals surface area contributed by atoms with Gasteiger partial charge in [-0.1, -0.05) is 5.16 Å². The number of carboxylic acids is 2. The number of aliphatic carboxylic acids is 2. The lowest BCUT2D eigenvalue weighted by Gasteiger charge is -2.18. The van der Waals surface area contributed by atoms with E-state index in [2.05, 4.69) is 20.8 Å². The highest BCUT2D eigenvalue weighted by Gasteiger charge is 2.26. The molecule has 1 rings (SSSR count). The first-order chi connectivity index (χ1) is 12.3. The third-order valence-corrected chi connectivity index (χ3v) is 3.26. The number of nitrogens with zero attached hydrogens (tertiary/aromatic N) is 2. The maximum absolute atomic E-state index is 12.0. The molecule has 26 heavy (non-hydrogen) atoms. The molecule has 1 heterocycles. The molecule has 8 N–H and O–H groups in total. The van der Waals surface area contributed by atoms with Gasteiger partial charge >= 0.3 is 18.0 Å². The van der Waals surface area contributed by atoms with E-state index in [1.807, 2.05) is 0 Å². The van der Waals surface area contributed by atoms with Crippen molar-refractivity contribution in [2.45, 2.75) is 37.4 Å². The number of aromatic nitrogens is 2. The lowest BCUT2D eigenvalue weighted by Crippen LogP contribution is -2.47. The van der Waals surface area contributed by atoms with Crippen molar-refractivity contribution < 1.29 is 39.3 Å². The number of hydrogen-bond donors (Lipinski definition) is 7. The highest BCUT2D eigenvalue weighted by Crippen LogP contribution is 2.18. The van der Waals surface area contributed by atoms with E-state index in [0.717, 1.165) is 0 Å². The Balaban J connectivity index is 2.85. The first-order valence-electron chi connectivity index (χ1n) is 7.60. The molecule has 0 aliphatic rings. The van der Waals surface area contributed by atoms with Crippen LogP contribution in [0.25, 0.3) is 0 Å². The molecular formula is C13H21N5O8. The third kappa shape index (κ3) is 6.62. The summed E-state index contributed by atoms with van der Waals surface area (Å²) < 4.78 is 4.94. The van der Waals surface area contributed by atoms with Gasteiger partial charge in [-0.05, 0) is 6.42 Å². The Morgan fingerprint density at radius 1 is 1.15 bits per heavy atom. The van der Waals surface area contributed by atoms with Crippen molar-refractivity contribution in [1.82, 2.24) is 20.8 Å². The van der Waals surface area contributed by atoms with Crippen LogP contribution in [0.1, 0.15) is 43.1 Å². The first-order valence-corrected chi connectivity index (χ1v) is 7.60. The summed E-state index contributed by atoms with van der Waals surface area (Å²) in [6.07, 6.45) is -0.664. The molecule has 0 aliphatic carbocycles. The summed E-state index contributed by atoms with van der Waals surface area (Å²) in [5.41, 5.74) is 5.55. The Kier molecular flexibility index (Phi) is 8.41. The molecule has 13 heteroatoms. The Hall–Kier alpha value is -2.77. The number of aliphatic hydroxyl groups excluding tert-OH is 2. The molecule has 0 aromatic carbocycles. The largest absolute Gasteiger partial charge is 0.481 e. The molecular weight excluding hydrogens is 354 g/mol. The van der Waals surface area contributed by atoms with Gasteiger partial charge in [-0.25, -0.2) is 9.59 Å². The number of rotatable bonds is 11. The average Bonchev–Trinajstić information content (AvgIpc) is 3.07. The quantitative estimate of drug-likeness (QED) is 0.226. The molecule has 0 fully saturated rings. The molecule has 0 saturated heterocycles. The Morgan fingerprint density at radius 2 is 1.85 bits per heavy atom. The van der Waals surface area contributed by atoms with Crippen molar-refractivity contribution in [2.75, 3.05) is 13.2 Å². The van der Waals surface area contributed by atoms with Crippen LogP contribution < -0.4 is 16.4 Å². The Morgan fingerprint density at radius 3 is 2.38 bits per heavy atom. The van der Waals surface area contributed by atoms with Gasteiger partial charge in [0.1, 0.15) is 12.1 Å². The van der Waals surface area contributed by atoms with E-state index in [9.17, 15) is 14.4 Å². The van der Waals surface area contributed by atoms with Gasteiger partial charge in [-0.3, -0.25) is 4.79 Å². The predicted octanol–water partition coefficient (Wildman–Crippen LogP) is -1.90. The number of aliphatic hydroxyl groups is 2. The molecule has 0 unspecified atom stereocenters. The topological polar surface area (TPSA) is 221 Å². The van der Waals surface area contributed by atoms with Gasteiger partial charge in [0, 0.05) is 19.4 Å². The number of hydrogen-bond acceptors (Lipinski definition) is 9. The molecule has 13 nitrogen and oxygen atoms in total. The molecule has 0 saturated carbocycles. The van der Waals surface area contributed by atoms with Gasteiger partial charge in [0.25, 0.3) is 0 Å². The standard InChI is InChI=1S/C13H21N5O8/c14-6(5-20)10-17-11(26-18-10)7(1-2-9(21)22)15-13(25)16-8(3-4-19)12(23)24/h6-8,19-20H,1-5,14H2,(H,21,22)(H,23,24)(H2,15,16,25)/t6-,7-,8-/m0/s1. The van der Waals surface area contributed by atoms with Crippen LogP contribution in [0.2, 0.25) is 0 Å². The summed E-state index contributed by atoms with van der Waals surface area (Å²) in [5.74, 6) is -2.65. The van der Waals surface area contributed by atoms with E-state index in [1.54, 1.807) is 0 Å². The SMILES string of the molecule is N[C@@H](CO)c1noc([C@H](CCC(=O)O)NC(=O)N[C@@H](CCO)C(=O)O)n1. The van der Waals surface area contributed by atoms with Crippen molar-refractivity contribution in [1.29, 1.82) is 0 Å². The number of nitrogens with one attached hydrogen (secondary N) is 2. The second kappa shape index (κ2) is 10.3. The van der Waals surface area contributed by atoms with Gasteiger partial charge < -0.3 is 41.3 Å². The van der Waals surface area contributed by atoms with Crippen LogP contribution in [0.5, 0.6) is 0 Å². The zero-order valence-electron chi connectivity index (χ0n) is 13.7. The van der Waals surface area contributed by atoms with E-state index in [-0.39, 0.29) is 31.0 Å². The van der Waals surface area contributed by atoms with Gasteiger partial charge in [-0.2, -0.15) is 4.98 Å². The molecule has 2 amide bonds. The average molecular weight is 375 g/mol. The van der Waals surface area contributed by atoms with Crippen LogP contribution in [-0.4, -0.2) is 67.8 Å². The van der Waals surface area contributed by atoms with E-state index in [0.29, 0.717) is 0 Å². The zero-order valence-corrected chi connectivity index (χ0v) is 13.7. The number of urea groups is 1. The number of carboxylic acid groups (broad SMARTS) is 2. The maximum Gasteiger partial charge on any atom is 0.326 e. The van der Waals surface area contributed by atoms with Gasteiger partial charge in [-0.15, -0.1) is 0 Å². The van der Waals surface area contributed by atoms with Crippen molar-refractivity contribution in [3.05, 3.63) is 11.7 Å². The molecule has 0 aliphatic heterocycles. The minimum Gasteiger partial charge on any atom is -0.481 e. The van der Waals surface area contributed by atoms with Crippen LogP contribution in [0.15, 0.2) is 4.52 Å². The Bertz CT molecular complexity index is 621. The fourth-order valence-electron chi connectivity index (χ4n) is 1.89. The van der Waals surface area contributed by atoms with Crippen molar-refractivity contribution in [3.8, 4) is 0 Å². The molecule has 0 spiro atoms. The minimum atomic E-state index is -1.34. The lowest BCUT2D eigenvalue weighted by molar-refractivity contribution is -0.139. The molecule has 1 aromatic rings. The number of amides is 2. The van der Waals surface area contributed by atoms with Crippen molar-refractivity contribution in [3.63, 3.8) is 0 Å². The van der Waals surface area contributed by atoms with Crippen molar-refractivity contribution in [2.24, 2.45) is 5.73 Å². The Labute approximate surface area is 147 Å². The minimum absolute atomic E-state index is 0.0336. The second-order valence-electron chi connectivity index (χ2n) is 5.29. The summed E-state index contributed by atoms with van der Waals surface area (Å²) in [6.45, 7) is -0.903. The van der Waals surface area contributed by atoms with Gasteiger partial charge in [0.15, 0.2) is 5.82 Å². The molecule has 0 radical (unpaired) electrons. The highest BCUT2D eigenvalue weighted by molar-refractivity contribution is 5.82. The van der Waals surface area contributed by atoms with Crippen LogP contribution in [-0.2, 0) is 9.59 Å². The first kappa shape index (κ1) is 21.3. The highest BCUT2D eigenvalue weighted by atomic mass is 16.5. The molecule has 1 aromatic heterocycles. The van der Waals surface area contributed by atoms with E-state index >= 15 is 0 Å². The van der Waals surface area contributed by atoms with Gasteiger partial charge in [0.2, 0.25) is 5.89 Å². The maximum atomic E-state index is 12.0.